The summed E-state index contributed by atoms with van der Waals surface area (Å²) >= 11 is 0. The van der Waals surface area contributed by atoms with Gasteiger partial charge in [0.1, 0.15) is 0 Å². The lowest BCUT2D eigenvalue weighted by Crippen LogP contribution is -2.27. The smallest absolute Gasteiger partial charge is 0.224 e. The van der Waals surface area contributed by atoms with Crippen LogP contribution in [-0.2, 0) is 14.3 Å². The van der Waals surface area contributed by atoms with Crippen LogP contribution in [0.3, 0.4) is 0 Å². The highest BCUT2D eigenvalue weighted by molar-refractivity contribution is 5.96. The van der Waals surface area contributed by atoms with Gasteiger partial charge < -0.3 is 9.64 Å². The molecule has 0 N–H and O–H groups in total. The molecule has 1 saturated heterocycles. The molecule has 50 valence electrons. The first kappa shape index (κ1) is 6.22. The van der Waals surface area contributed by atoms with Crippen molar-refractivity contribution in [1.29, 1.82) is 0 Å². The summed E-state index contributed by atoms with van der Waals surface area (Å²) in [5, 5.41) is 0. The van der Waals surface area contributed by atoms with Crippen LogP contribution in [0, 0.1) is 6.73 Å². The predicted octanol–water partition coefficient (Wildman–Crippen LogP) is -0.489. The second kappa shape index (κ2) is 2.14. The summed E-state index contributed by atoms with van der Waals surface area (Å²) in [6.07, 6.45) is 0. The Kier molecular flexibility index (Phi) is 1.48. The van der Waals surface area contributed by atoms with Crippen molar-refractivity contribution in [2.45, 2.75) is 6.92 Å². The van der Waals surface area contributed by atoms with E-state index in [0.717, 1.165) is 11.6 Å². The number of carbonyl (C=O) groups is 2. The van der Waals surface area contributed by atoms with Gasteiger partial charge in [0.25, 0.3) is 0 Å². The number of ether oxygens (including phenoxy) is 1. The maximum atomic E-state index is 10.6. The van der Waals surface area contributed by atoms with Gasteiger partial charge in [-0.15, -0.1) is 6.73 Å². The van der Waals surface area contributed by atoms with Gasteiger partial charge in [-0.1, -0.05) is 0 Å². The molecule has 1 aliphatic heterocycles. The summed E-state index contributed by atoms with van der Waals surface area (Å²) in [4.78, 5) is 22.0. The summed E-state index contributed by atoms with van der Waals surface area (Å²) in [5.41, 5.74) is 0. The fourth-order valence-electron chi connectivity index (χ4n) is 0.561. The molecule has 4 nitrogen and oxygen atoms in total. The van der Waals surface area contributed by atoms with Crippen molar-refractivity contribution in [3.05, 3.63) is 6.73 Å². The topological polar surface area (TPSA) is 46.6 Å². The van der Waals surface area contributed by atoms with Crippen LogP contribution in [0.4, 0.5) is 0 Å². The van der Waals surface area contributed by atoms with Gasteiger partial charge in [0.15, 0.2) is 5.91 Å². The van der Waals surface area contributed by atoms with Crippen molar-refractivity contribution in [2.24, 2.45) is 0 Å². The molecule has 9 heavy (non-hydrogen) atoms. The lowest BCUT2D eigenvalue weighted by molar-refractivity contribution is -0.138. The minimum atomic E-state index is -0.308. The van der Waals surface area contributed by atoms with E-state index in [2.05, 4.69) is 4.74 Å². The van der Waals surface area contributed by atoms with Gasteiger partial charge in [0, 0.05) is 6.92 Å². The maximum absolute atomic E-state index is 10.6. The van der Waals surface area contributed by atoms with Crippen LogP contribution < -0.4 is 0 Å². The summed E-state index contributed by atoms with van der Waals surface area (Å²) < 4.78 is 4.56. The summed E-state index contributed by atoms with van der Waals surface area (Å²) in [6, 6.07) is 0. The van der Waals surface area contributed by atoms with Crippen molar-refractivity contribution in [3.63, 3.8) is 0 Å². The molecule has 4 heteroatoms. The summed E-state index contributed by atoms with van der Waals surface area (Å²) in [5.74, 6) is -0.611. The van der Waals surface area contributed by atoms with Crippen molar-refractivity contribution >= 4 is 11.8 Å². The second-order valence-electron chi connectivity index (χ2n) is 1.70. The SMILES string of the molecule is CC(=O)N1[CH-]OCC1=O. The quantitative estimate of drug-likeness (QED) is 0.413. The molecule has 0 spiro atoms. The third-order valence-corrected chi connectivity index (χ3v) is 0.995. The Morgan fingerprint density at radius 1 is 1.89 bits per heavy atom. The Hall–Kier alpha value is -0.900. The molecule has 1 heterocycles. The molecule has 1 aliphatic rings. The first-order valence-electron chi connectivity index (χ1n) is 2.49. The monoisotopic (exact) mass is 128 g/mol. The summed E-state index contributed by atoms with van der Waals surface area (Å²) in [6.45, 7) is 2.42. The third kappa shape index (κ3) is 1.08. The van der Waals surface area contributed by atoms with Crippen molar-refractivity contribution in [3.8, 4) is 0 Å². The van der Waals surface area contributed by atoms with Gasteiger partial charge in [-0.25, -0.2) is 0 Å². The van der Waals surface area contributed by atoms with Crippen molar-refractivity contribution in [1.82, 2.24) is 4.90 Å². The minimum absolute atomic E-state index is 0.0143. The molecular weight excluding hydrogens is 122 g/mol. The van der Waals surface area contributed by atoms with Crippen molar-refractivity contribution < 1.29 is 14.3 Å². The number of hydrogen-bond donors (Lipinski definition) is 0. The first-order valence-corrected chi connectivity index (χ1v) is 2.49. The fraction of sp³-hybridized carbons (Fsp3) is 0.400. The zero-order chi connectivity index (χ0) is 6.85. The van der Waals surface area contributed by atoms with E-state index in [4.69, 9.17) is 0 Å². The van der Waals surface area contributed by atoms with Gasteiger partial charge in [0.2, 0.25) is 5.91 Å². The lowest BCUT2D eigenvalue weighted by Gasteiger charge is -2.17. The number of nitrogens with zero attached hydrogens (tertiary/aromatic N) is 1. The van der Waals surface area contributed by atoms with Crippen LogP contribution in [0.5, 0.6) is 0 Å². The average Bonchev–Trinajstić information content (AvgIpc) is 2.13. The molecule has 1 rings (SSSR count). The molecular formula is C5H6NO3-. The van der Waals surface area contributed by atoms with Gasteiger partial charge in [0.05, 0.1) is 6.61 Å². The van der Waals surface area contributed by atoms with E-state index in [1.165, 1.54) is 6.92 Å². The molecule has 0 saturated carbocycles. The maximum Gasteiger partial charge on any atom is 0.224 e. The van der Waals surface area contributed by atoms with Gasteiger partial charge in [-0.05, 0) is 0 Å². The van der Waals surface area contributed by atoms with E-state index in [-0.39, 0.29) is 18.4 Å². The number of carbonyl (C=O) groups excluding carboxylic acids is 2. The highest BCUT2D eigenvalue weighted by Gasteiger charge is 2.14. The summed E-state index contributed by atoms with van der Waals surface area (Å²) in [7, 11) is 0. The van der Waals surface area contributed by atoms with E-state index >= 15 is 0 Å². The van der Waals surface area contributed by atoms with E-state index < -0.39 is 0 Å². The van der Waals surface area contributed by atoms with Crippen molar-refractivity contribution in [2.75, 3.05) is 6.61 Å². The molecule has 0 radical (unpaired) electrons. The molecule has 0 aromatic heterocycles. The molecule has 0 atom stereocenters. The number of rotatable bonds is 0. The van der Waals surface area contributed by atoms with E-state index in [1.807, 2.05) is 0 Å². The Bertz CT molecular complexity index is 154. The van der Waals surface area contributed by atoms with E-state index in [1.54, 1.807) is 0 Å². The van der Waals surface area contributed by atoms with Crippen LogP contribution in [0.2, 0.25) is 0 Å². The molecule has 0 bridgehead atoms. The van der Waals surface area contributed by atoms with Crippen LogP contribution in [0.1, 0.15) is 6.92 Å². The van der Waals surface area contributed by atoms with Crippen LogP contribution in [-0.4, -0.2) is 23.3 Å². The number of amides is 2. The van der Waals surface area contributed by atoms with Crippen LogP contribution in [0.15, 0.2) is 0 Å². The third-order valence-electron chi connectivity index (χ3n) is 0.995. The highest BCUT2D eigenvalue weighted by Crippen LogP contribution is 2.04. The molecule has 0 aromatic rings. The van der Waals surface area contributed by atoms with Gasteiger partial charge in [-0.3, -0.25) is 9.59 Å². The Balaban J connectivity index is 2.60. The molecule has 1 fully saturated rings. The highest BCUT2D eigenvalue weighted by atomic mass is 16.5. The fourth-order valence-corrected chi connectivity index (χ4v) is 0.561. The minimum Gasteiger partial charge on any atom is -0.524 e. The first-order chi connectivity index (χ1) is 4.22. The number of imide groups is 1. The van der Waals surface area contributed by atoms with E-state index in [0.29, 0.717) is 0 Å². The molecule has 2 amide bonds. The largest absolute Gasteiger partial charge is 0.524 e. The zero-order valence-electron chi connectivity index (χ0n) is 4.96. The zero-order valence-corrected chi connectivity index (χ0v) is 4.96. The lowest BCUT2D eigenvalue weighted by atomic mass is 10.5. The normalized spacial score (nSPS) is 18.8. The molecule has 0 unspecified atom stereocenters. The predicted molar refractivity (Wildman–Crippen MR) is 27.8 cm³/mol. The Morgan fingerprint density at radius 3 is 2.78 bits per heavy atom. The van der Waals surface area contributed by atoms with Crippen LogP contribution >= 0.6 is 0 Å². The average molecular weight is 128 g/mol. The second-order valence-corrected chi connectivity index (χ2v) is 1.70. The standard InChI is InChI=1S/C5H6NO3/c1-4(7)6-3-9-2-5(6)8/h3H,2H2,1H3/q-1. The van der Waals surface area contributed by atoms with Gasteiger partial charge in [-0.2, -0.15) is 0 Å². The van der Waals surface area contributed by atoms with Crippen LogP contribution in [0.25, 0.3) is 0 Å². The van der Waals surface area contributed by atoms with E-state index in [9.17, 15) is 9.59 Å². The Labute approximate surface area is 52.4 Å². The van der Waals surface area contributed by atoms with Gasteiger partial charge >= 0.3 is 0 Å². The Morgan fingerprint density at radius 2 is 2.56 bits per heavy atom. The number of hydrogen-bond acceptors (Lipinski definition) is 3. The molecule has 0 aliphatic carbocycles. The molecule has 0 aromatic carbocycles.